The highest BCUT2D eigenvalue weighted by atomic mass is 15.1. The number of benzene rings is 1. The first-order valence-electron chi connectivity index (χ1n) is 7.69. The van der Waals surface area contributed by atoms with Crippen molar-refractivity contribution in [3.05, 3.63) is 35.4 Å². The summed E-state index contributed by atoms with van der Waals surface area (Å²) in [5.41, 5.74) is 8.88. The minimum Gasteiger partial charge on any atom is -0.324 e. The molecule has 1 saturated heterocycles. The van der Waals surface area contributed by atoms with Gasteiger partial charge in [0, 0.05) is 6.04 Å². The molecule has 0 spiro atoms. The average Bonchev–Trinajstić information content (AvgIpc) is 2.61. The topological polar surface area (TPSA) is 29.3 Å². The minimum absolute atomic E-state index is 0.182. The van der Waals surface area contributed by atoms with Crippen LogP contribution < -0.4 is 5.73 Å². The molecule has 0 amide bonds. The lowest BCUT2D eigenvalue weighted by Gasteiger charge is -2.22. The molecule has 2 nitrogen and oxygen atoms in total. The van der Waals surface area contributed by atoms with E-state index < -0.39 is 0 Å². The Labute approximate surface area is 118 Å². The Morgan fingerprint density at radius 2 is 1.95 bits per heavy atom. The zero-order valence-corrected chi connectivity index (χ0v) is 12.4. The largest absolute Gasteiger partial charge is 0.324 e. The number of aryl methyl sites for hydroxylation is 1. The van der Waals surface area contributed by atoms with E-state index in [0.717, 1.165) is 18.9 Å². The van der Waals surface area contributed by atoms with Gasteiger partial charge in [-0.15, -0.1) is 0 Å². The van der Waals surface area contributed by atoms with Gasteiger partial charge in [0.25, 0.3) is 0 Å². The van der Waals surface area contributed by atoms with Crippen LogP contribution >= 0.6 is 0 Å². The van der Waals surface area contributed by atoms with Crippen molar-refractivity contribution in [1.29, 1.82) is 0 Å². The Morgan fingerprint density at radius 3 is 2.68 bits per heavy atom. The molecule has 0 aromatic heterocycles. The van der Waals surface area contributed by atoms with Gasteiger partial charge in [0.15, 0.2) is 0 Å². The van der Waals surface area contributed by atoms with Crippen molar-refractivity contribution in [3.63, 3.8) is 0 Å². The van der Waals surface area contributed by atoms with Gasteiger partial charge < -0.3 is 10.6 Å². The number of likely N-dealkylation sites (tertiary alicyclic amines) is 1. The smallest absolute Gasteiger partial charge is 0.0307 e. The van der Waals surface area contributed by atoms with Crippen LogP contribution in [0.15, 0.2) is 24.3 Å². The first-order valence-corrected chi connectivity index (χ1v) is 7.69. The van der Waals surface area contributed by atoms with Crippen LogP contribution in [-0.2, 0) is 0 Å². The molecule has 1 aromatic rings. The second-order valence-corrected chi connectivity index (χ2v) is 6.18. The normalized spacial score (nSPS) is 23.0. The van der Waals surface area contributed by atoms with E-state index in [1.165, 1.54) is 43.5 Å². The van der Waals surface area contributed by atoms with Crippen molar-refractivity contribution in [1.82, 2.24) is 4.90 Å². The van der Waals surface area contributed by atoms with E-state index in [9.17, 15) is 0 Å². The maximum Gasteiger partial charge on any atom is 0.0307 e. The molecule has 2 rings (SSSR count). The van der Waals surface area contributed by atoms with Gasteiger partial charge >= 0.3 is 0 Å². The van der Waals surface area contributed by atoms with Crippen LogP contribution in [0.2, 0.25) is 0 Å². The molecule has 106 valence electrons. The molecule has 2 N–H and O–H groups in total. The van der Waals surface area contributed by atoms with Crippen molar-refractivity contribution in [2.75, 3.05) is 19.6 Å². The van der Waals surface area contributed by atoms with Crippen LogP contribution in [0.1, 0.15) is 49.8 Å². The van der Waals surface area contributed by atoms with E-state index in [0.29, 0.717) is 0 Å². The van der Waals surface area contributed by atoms with Gasteiger partial charge in [0.1, 0.15) is 0 Å². The predicted octanol–water partition coefficient (Wildman–Crippen LogP) is 3.51. The third kappa shape index (κ3) is 4.63. The van der Waals surface area contributed by atoms with E-state index >= 15 is 0 Å². The van der Waals surface area contributed by atoms with E-state index in [2.05, 4.69) is 43.0 Å². The van der Waals surface area contributed by atoms with Gasteiger partial charge in [-0.2, -0.15) is 0 Å². The zero-order chi connectivity index (χ0) is 13.7. The highest BCUT2D eigenvalue weighted by Crippen LogP contribution is 2.19. The summed E-state index contributed by atoms with van der Waals surface area (Å²) in [6, 6.07) is 8.84. The van der Waals surface area contributed by atoms with Crippen LogP contribution in [-0.4, -0.2) is 24.5 Å². The molecule has 2 heteroatoms. The van der Waals surface area contributed by atoms with Gasteiger partial charge in [-0.3, -0.25) is 0 Å². The highest BCUT2D eigenvalue weighted by Gasteiger charge is 2.14. The van der Waals surface area contributed by atoms with Crippen LogP contribution in [0, 0.1) is 12.8 Å². The lowest BCUT2D eigenvalue weighted by molar-refractivity contribution is 0.270. The van der Waals surface area contributed by atoms with E-state index in [1.54, 1.807) is 0 Å². The van der Waals surface area contributed by atoms with Crippen LogP contribution in [0.5, 0.6) is 0 Å². The van der Waals surface area contributed by atoms with Crippen LogP contribution in [0.3, 0.4) is 0 Å². The summed E-state index contributed by atoms with van der Waals surface area (Å²) in [6.45, 7) is 8.14. The molecular weight excluding hydrogens is 232 g/mol. The molecular formula is C17H28N2. The molecule has 0 aliphatic carbocycles. The van der Waals surface area contributed by atoms with Gasteiger partial charge in [-0.25, -0.2) is 0 Å². The summed E-state index contributed by atoms with van der Waals surface area (Å²) in [7, 11) is 0. The summed E-state index contributed by atoms with van der Waals surface area (Å²) >= 11 is 0. The van der Waals surface area contributed by atoms with E-state index in [1.807, 2.05) is 0 Å². The third-order valence-electron chi connectivity index (χ3n) is 4.37. The molecule has 0 radical (unpaired) electrons. The molecule has 1 aromatic carbocycles. The molecule has 2 atom stereocenters. The molecule has 1 aliphatic rings. The van der Waals surface area contributed by atoms with Crippen molar-refractivity contribution in [2.24, 2.45) is 11.7 Å². The summed E-state index contributed by atoms with van der Waals surface area (Å²) in [5.74, 6) is 0.899. The molecule has 1 heterocycles. The Bertz CT molecular complexity index is 371. The standard InChI is InChI=1S/C17H28N2/c1-14-4-3-11-19(12-9-14)13-10-17(18)16-7-5-15(2)6-8-16/h5-8,14,17H,3-4,9-13,18H2,1-2H3. The van der Waals surface area contributed by atoms with Gasteiger partial charge in [0.2, 0.25) is 0 Å². The summed E-state index contributed by atoms with van der Waals surface area (Å²) in [6.07, 6.45) is 5.15. The monoisotopic (exact) mass is 260 g/mol. The Kier molecular flexibility index (Phi) is 5.41. The quantitative estimate of drug-likeness (QED) is 0.897. The fourth-order valence-electron chi connectivity index (χ4n) is 2.85. The summed E-state index contributed by atoms with van der Waals surface area (Å²) in [5, 5.41) is 0. The van der Waals surface area contributed by atoms with Crippen LogP contribution in [0.4, 0.5) is 0 Å². The SMILES string of the molecule is Cc1ccc(C(N)CCN2CCCC(C)CC2)cc1. The lowest BCUT2D eigenvalue weighted by Crippen LogP contribution is -2.28. The molecule has 1 aliphatic heterocycles. The minimum atomic E-state index is 0.182. The highest BCUT2D eigenvalue weighted by molar-refractivity contribution is 5.23. The number of hydrogen-bond acceptors (Lipinski definition) is 2. The maximum atomic E-state index is 6.30. The number of rotatable bonds is 4. The molecule has 2 unspecified atom stereocenters. The summed E-state index contributed by atoms with van der Waals surface area (Å²) in [4.78, 5) is 2.59. The van der Waals surface area contributed by atoms with Gasteiger partial charge in [-0.1, -0.05) is 36.8 Å². The fraction of sp³-hybridized carbons (Fsp3) is 0.647. The fourth-order valence-corrected chi connectivity index (χ4v) is 2.85. The third-order valence-corrected chi connectivity index (χ3v) is 4.37. The Hall–Kier alpha value is -0.860. The number of nitrogens with two attached hydrogens (primary N) is 1. The Balaban J connectivity index is 1.79. The summed E-state index contributed by atoms with van der Waals surface area (Å²) < 4.78 is 0. The second-order valence-electron chi connectivity index (χ2n) is 6.18. The molecule has 19 heavy (non-hydrogen) atoms. The van der Waals surface area contributed by atoms with E-state index in [-0.39, 0.29) is 6.04 Å². The maximum absolute atomic E-state index is 6.30. The van der Waals surface area contributed by atoms with Crippen molar-refractivity contribution in [3.8, 4) is 0 Å². The number of nitrogens with zero attached hydrogens (tertiary/aromatic N) is 1. The van der Waals surface area contributed by atoms with Crippen molar-refractivity contribution < 1.29 is 0 Å². The van der Waals surface area contributed by atoms with Crippen molar-refractivity contribution >= 4 is 0 Å². The Morgan fingerprint density at radius 1 is 1.21 bits per heavy atom. The van der Waals surface area contributed by atoms with E-state index in [4.69, 9.17) is 5.73 Å². The van der Waals surface area contributed by atoms with Gasteiger partial charge in [0.05, 0.1) is 0 Å². The second kappa shape index (κ2) is 7.06. The van der Waals surface area contributed by atoms with Gasteiger partial charge in [-0.05, 0) is 63.7 Å². The molecule has 0 bridgehead atoms. The first kappa shape index (κ1) is 14.5. The predicted molar refractivity (Wildman–Crippen MR) is 82.2 cm³/mol. The van der Waals surface area contributed by atoms with Crippen molar-refractivity contribution in [2.45, 2.75) is 45.6 Å². The lowest BCUT2D eigenvalue weighted by atomic mass is 10.0. The number of hydrogen-bond donors (Lipinski definition) is 1. The zero-order valence-electron chi connectivity index (χ0n) is 12.4. The average molecular weight is 260 g/mol. The molecule has 0 saturated carbocycles. The van der Waals surface area contributed by atoms with Crippen LogP contribution in [0.25, 0.3) is 0 Å². The first-order chi connectivity index (χ1) is 9.15. The molecule has 1 fully saturated rings.